The lowest BCUT2D eigenvalue weighted by Crippen LogP contribution is -2.43. The number of hydrogen-bond donors (Lipinski definition) is 1. The Hall–Kier alpha value is -2.21. The van der Waals surface area contributed by atoms with E-state index in [4.69, 9.17) is 0 Å². The summed E-state index contributed by atoms with van der Waals surface area (Å²) < 4.78 is 14.5. The predicted octanol–water partition coefficient (Wildman–Crippen LogP) is 6.45. The maximum absolute atomic E-state index is 13.8. The van der Waals surface area contributed by atoms with E-state index >= 15 is 0 Å². The van der Waals surface area contributed by atoms with E-state index in [1.807, 2.05) is 18.2 Å². The van der Waals surface area contributed by atoms with Gasteiger partial charge in [0, 0.05) is 21.6 Å². The number of carbonyl (C=O) groups excluding carboxylic acids is 2. The number of nitrogens with one attached hydrogen (secondary N) is 1. The van der Waals surface area contributed by atoms with Gasteiger partial charge in [0.25, 0.3) is 0 Å². The minimum Gasteiger partial charge on any atom is -0.324 e. The number of carbonyl (C=O) groups is 2. The van der Waals surface area contributed by atoms with E-state index in [9.17, 15) is 14.0 Å². The molecule has 32 heavy (non-hydrogen) atoms. The van der Waals surface area contributed by atoms with Crippen molar-refractivity contribution in [2.45, 2.75) is 57.9 Å². The second kappa shape index (κ2) is 10.2. The second-order valence-electron chi connectivity index (χ2n) is 9.06. The Balaban J connectivity index is 1.66. The van der Waals surface area contributed by atoms with E-state index in [1.54, 1.807) is 17.0 Å². The molecule has 1 atom stereocenters. The Morgan fingerprint density at radius 2 is 1.84 bits per heavy atom. The highest BCUT2D eigenvalue weighted by atomic mass is 79.9. The van der Waals surface area contributed by atoms with E-state index in [1.165, 1.54) is 31.4 Å². The average Bonchev–Trinajstić information content (AvgIpc) is 2.94. The molecular weight excluding hydrogens is 471 g/mol. The van der Waals surface area contributed by atoms with Crippen molar-refractivity contribution in [3.8, 4) is 0 Å². The van der Waals surface area contributed by atoms with Crippen LogP contribution in [0.15, 0.2) is 46.9 Å². The van der Waals surface area contributed by atoms with Crippen LogP contribution in [0.2, 0.25) is 0 Å². The maximum atomic E-state index is 13.8. The summed E-state index contributed by atoms with van der Waals surface area (Å²) in [6.45, 7) is 2.20. The van der Waals surface area contributed by atoms with Crippen molar-refractivity contribution in [2.24, 2.45) is 11.8 Å². The normalized spacial score (nSPS) is 23.3. The number of amides is 2. The van der Waals surface area contributed by atoms with Gasteiger partial charge in [-0.15, -0.1) is 0 Å². The van der Waals surface area contributed by atoms with Crippen LogP contribution in [0.3, 0.4) is 0 Å². The molecule has 0 bridgehead atoms. The van der Waals surface area contributed by atoms with Crippen molar-refractivity contribution in [1.82, 2.24) is 4.90 Å². The molecule has 2 aliphatic rings. The summed E-state index contributed by atoms with van der Waals surface area (Å²) in [7, 11) is 0. The van der Waals surface area contributed by atoms with E-state index in [0.29, 0.717) is 11.6 Å². The van der Waals surface area contributed by atoms with E-state index in [0.717, 1.165) is 41.3 Å². The third kappa shape index (κ3) is 5.06. The minimum atomic E-state index is -0.452. The van der Waals surface area contributed by atoms with Crippen molar-refractivity contribution in [2.75, 3.05) is 11.9 Å². The quantitative estimate of drug-likeness (QED) is 0.512. The van der Waals surface area contributed by atoms with Crippen molar-refractivity contribution in [1.29, 1.82) is 0 Å². The highest BCUT2D eigenvalue weighted by Gasteiger charge is 2.37. The molecule has 1 saturated carbocycles. The molecule has 2 aromatic carbocycles. The second-order valence-corrected chi connectivity index (χ2v) is 9.98. The van der Waals surface area contributed by atoms with Crippen LogP contribution in [-0.2, 0) is 9.59 Å². The van der Waals surface area contributed by atoms with Crippen LogP contribution >= 0.6 is 15.9 Å². The van der Waals surface area contributed by atoms with Crippen molar-refractivity contribution in [3.05, 3.63) is 63.9 Å². The van der Waals surface area contributed by atoms with Crippen LogP contribution in [0.4, 0.5) is 10.1 Å². The molecule has 0 spiro atoms. The third-order valence-corrected chi connectivity index (χ3v) is 7.33. The van der Waals surface area contributed by atoms with Gasteiger partial charge < -0.3 is 10.2 Å². The Morgan fingerprint density at radius 3 is 2.53 bits per heavy atom. The Morgan fingerprint density at radius 1 is 1.12 bits per heavy atom. The molecule has 4 rings (SSSR count). The van der Waals surface area contributed by atoms with Crippen LogP contribution < -0.4 is 5.32 Å². The van der Waals surface area contributed by atoms with Gasteiger partial charge in [-0.3, -0.25) is 9.59 Å². The largest absolute Gasteiger partial charge is 0.324 e. The first-order valence-corrected chi connectivity index (χ1v) is 12.4. The van der Waals surface area contributed by atoms with Crippen LogP contribution in [0.25, 0.3) is 0 Å². The molecule has 170 valence electrons. The first kappa shape index (κ1) is 23.0. The molecule has 1 N–H and O–H groups in total. The molecule has 0 unspecified atom stereocenters. The summed E-state index contributed by atoms with van der Waals surface area (Å²) in [5.41, 5.74) is 2.32. The third-order valence-electron chi connectivity index (χ3n) is 6.84. The monoisotopic (exact) mass is 500 g/mol. The smallest absolute Gasteiger partial charge is 0.244 e. The summed E-state index contributed by atoms with van der Waals surface area (Å²) >= 11 is 3.53. The van der Waals surface area contributed by atoms with E-state index in [-0.39, 0.29) is 30.1 Å². The molecule has 4 nitrogen and oxygen atoms in total. The highest BCUT2D eigenvalue weighted by Crippen LogP contribution is 2.40. The van der Waals surface area contributed by atoms with Gasteiger partial charge >= 0.3 is 0 Å². The number of fused-ring (bicyclic) bond motifs is 1. The van der Waals surface area contributed by atoms with Crippen LogP contribution in [0, 0.1) is 17.7 Å². The SMILES string of the molecule is CCCCC1CCC(C(=O)N2CC(=O)Nc3ccc(Br)cc3[C@H]2c2ccc(F)cc2)CC1. The maximum Gasteiger partial charge on any atom is 0.244 e. The molecule has 1 heterocycles. The van der Waals surface area contributed by atoms with Gasteiger partial charge in [-0.25, -0.2) is 4.39 Å². The summed E-state index contributed by atoms with van der Waals surface area (Å²) in [6, 6.07) is 11.5. The van der Waals surface area contributed by atoms with E-state index in [2.05, 4.69) is 28.2 Å². The molecule has 0 saturated heterocycles. The summed E-state index contributed by atoms with van der Waals surface area (Å²) in [4.78, 5) is 28.2. The van der Waals surface area contributed by atoms with Gasteiger partial charge in [0.1, 0.15) is 12.4 Å². The first-order valence-electron chi connectivity index (χ1n) is 11.6. The number of nitrogens with zero attached hydrogens (tertiary/aromatic N) is 1. The zero-order valence-electron chi connectivity index (χ0n) is 18.4. The molecule has 2 amide bonds. The minimum absolute atomic E-state index is 0.0110. The van der Waals surface area contributed by atoms with Crippen molar-refractivity contribution < 1.29 is 14.0 Å². The van der Waals surface area contributed by atoms with Gasteiger partial charge in [0.2, 0.25) is 11.8 Å². The molecule has 1 aliphatic carbocycles. The molecule has 1 fully saturated rings. The van der Waals surface area contributed by atoms with Gasteiger partial charge in [-0.1, -0.05) is 54.2 Å². The Labute approximate surface area is 197 Å². The van der Waals surface area contributed by atoms with Gasteiger partial charge in [-0.05, 0) is 67.5 Å². The number of rotatable bonds is 5. The standard InChI is InChI=1S/C26H30BrFN2O2/c1-2-3-4-17-5-7-19(8-6-17)26(32)30-16-24(31)29-23-14-11-20(27)15-22(23)25(30)18-9-12-21(28)13-10-18/h9-15,17,19,25H,2-8,16H2,1H3,(H,29,31)/t17?,19?,25-/m1/s1. The lowest BCUT2D eigenvalue weighted by Gasteiger charge is -2.36. The zero-order valence-corrected chi connectivity index (χ0v) is 20.0. The van der Waals surface area contributed by atoms with E-state index < -0.39 is 6.04 Å². The fourth-order valence-electron chi connectivity index (χ4n) is 5.11. The van der Waals surface area contributed by atoms with Crippen molar-refractivity contribution >= 4 is 33.4 Å². The highest BCUT2D eigenvalue weighted by molar-refractivity contribution is 9.10. The number of anilines is 1. The van der Waals surface area contributed by atoms with Crippen molar-refractivity contribution in [3.63, 3.8) is 0 Å². The zero-order chi connectivity index (χ0) is 22.7. The summed E-state index contributed by atoms with van der Waals surface area (Å²) in [5, 5.41) is 2.95. The predicted molar refractivity (Wildman–Crippen MR) is 128 cm³/mol. The van der Waals surface area contributed by atoms with Gasteiger partial charge in [-0.2, -0.15) is 0 Å². The molecule has 0 radical (unpaired) electrons. The van der Waals surface area contributed by atoms with Crippen LogP contribution in [-0.4, -0.2) is 23.3 Å². The number of hydrogen-bond acceptors (Lipinski definition) is 2. The number of benzene rings is 2. The fraction of sp³-hybridized carbons (Fsp3) is 0.462. The average molecular weight is 501 g/mol. The molecule has 2 aromatic rings. The first-order chi connectivity index (χ1) is 15.5. The lowest BCUT2D eigenvalue weighted by atomic mass is 9.79. The van der Waals surface area contributed by atoms with Crippen LogP contribution in [0.5, 0.6) is 0 Å². The topological polar surface area (TPSA) is 49.4 Å². The van der Waals surface area contributed by atoms with Crippen LogP contribution in [0.1, 0.15) is 69.0 Å². The number of halogens is 2. The summed E-state index contributed by atoms with van der Waals surface area (Å²) in [5.74, 6) is 0.127. The van der Waals surface area contributed by atoms with Gasteiger partial charge in [0.15, 0.2) is 0 Å². The Bertz CT molecular complexity index is 970. The number of unbranched alkanes of at least 4 members (excludes halogenated alkanes) is 1. The molecular formula is C26H30BrFN2O2. The lowest BCUT2D eigenvalue weighted by molar-refractivity contribution is -0.141. The molecule has 1 aliphatic heterocycles. The summed E-state index contributed by atoms with van der Waals surface area (Å²) in [6.07, 6.45) is 7.56. The fourth-order valence-corrected chi connectivity index (χ4v) is 5.49. The molecule has 6 heteroatoms. The van der Waals surface area contributed by atoms with Gasteiger partial charge in [0.05, 0.1) is 6.04 Å². The Kier molecular flexibility index (Phi) is 7.29. The molecule has 0 aromatic heterocycles.